The first-order chi connectivity index (χ1) is 15.9. The van der Waals surface area contributed by atoms with Crippen LogP contribution in [0.1, 0.15) is 50.4 Å². The molecule has 1 aromatic carbocycles. The fourth-order valence-corrected chi connectivity index (χ4v) is 3.77. The van der Waals surface area contributed by atoms with Crippen molar-refractivity contribution in [1.29, 1.82) is 0 Å². The Labute approximate surface area is 196 Å². The lowest BCUT2D eigenvalue weighted by molar-refractivity contribution is -0.143. The molecule has 0 aromatic heterocycles. The highest BCUT2D eigenvalue weighted by molar-refractivity contribution is 5.99. The lowest BCUT2D eigenvalue weighted by Crippen LogP contribution is -2.58. The lowest BCUT2D eigenvalue weighted by Gasteiger charge is -2.35. The molecule has 0 radical (unpaired) electrons. The maximum absolute atomic E-state index is 14.6. The molecule has 10 nitrogen and oxygen atoms in total. The van der Waals surface area contributed by atoms with Crippen LogP contribution in [0, 0.1) is 11.2 Å². The number of halogens is 1. The zero-order chi connectivity index (χ0) is 25.6. The van der Waals surface area contributed by atoms with E-state index in [2.05, 4.69) is 10.6 Å². The van der Waals surface area contributed by atoms with E-state index >= 15 is 0 Å². The normalized spacial score (nSPS) is 17.4. The predicted octanol–water partition coefficient (Wildman–Crippen LogP) is 1.13. The third kappa shape index (κ3) is 6.30. The molecule has 1 heterocycles. The molecule has 11 heteroatoms. The van der Waals surface area contributed by atoms with Gasteiger partial charge in [-0.1, -0.05) is 26.8 Å². The summed E-state index contributed by atoms with van der Waals surface area (Å²) in [7, 11) is 1.27. The molecule has 1 aromatic rings. The standard InChI is InChI=1S/C23H30FN3O7/c1-23(2,3)19(26-20(31)14-7-5-9-16(34-4)18(14)24)22(33)27-10-6-8-15(27)21(32)25-13(12-28)11-17(29)30/h5,7,9,12-13,15,19H,6,8,10-11H2,1-4H3,(H,25,32)(H,26,31)(H,29,30)/t13-,15-,19+/m0/s1. The molecule has 1 aliphatic heterocycles. The minimum Gasteiger partial charge on any atom is -0.494 e. The highest BCUT2D eigenvalue weighted by Gasteiger charge is 2.42. The number of benzene rings is 1. The van der Waals surface area contributed by atoms with Gasteiger partial charge in [0, 0.05) is 6.54 Å². The van der Waals surface area contributed by atoms with E-state index in [4.69, 9.17) is 9.84 Å². The summed E-state index contributed by atoms with van der Waals surface area (Å²) in [5.74, 6) is -4.23. The molecular formula is C23H30FN3O7. The summed E-state index contributed by atoms with van der Waals surface area (Å²) >= 11 is 0. The number of nitrogens with one attached hydrogen (secondary N) is 2. The molecule has 0 unspecified atom stereocenters. The first kappa shape index (κ1) is 26.7. The highest BCUT2D eigenvalue weighted by atomic mass is 19.1. The van der Waals surface area contributed by atoms with Crippen molar-refractivity contribution in [2.45, 2.75) is 58.2 Å². The number of carbonyl (C=O) groups is 5. The number of ether oxygens (including phenoxy) is 1. The number of hydrogen-bond acceptors (Lipinski definition) is 6. The largest absolute Gasteiger partial charge is 0.494 e. The Morgan fingerprint density at radius 1 is 1.26 bits per heavy atom. The number of nitrogens with zero attached hydrogens (tertiary/aromatic N) is 1. The zero-order valence-corrected chi connectivity index (χ0v) is 19.6. The van der Waals surface area contributed by atoms with E-state index in [-0.39, 0.29) is 17.9 Å². The fraction of sp³-hybridized carbons (Fsp3) is 0.522. The van der Waals surface area contributed by atoms with Crippen LogP contribution in [-0.4, -0.2) is 71.8 Å². The van der Waals surface area contributed by atoms with Gasteiger partial charge in [0.15, 0.2) is 11.6 Å². The molecule has 0 aliphatic carbocycles. The van der Waals surface area contributed by atoms with Crippen molar-refractivity contribution in [3.8, 4) is 5.75 Å². The Kier molecular flexibility index (Phi) is 8.72. The number of likely N-dealkylation sites (tertiary alicyclic amines) is 1. The first-order valence-corrected chi connectivity index (χ1v) is 10.8. The van der Waals surface area contributed by atoms with Crippen LogP contribution >= 0.6 is 0 Å². The third-order valence-corrected chi connectivity index (χ3v) is 5.54. The molecule has 1 saturated heterocycles. The van der Waals surface area contributed by atoms with Gasteiger partial charge in [0.05, 0.1) is 25.1 Å². The second-order valence-corrected chi connectivity index (χ2v) is 9.13. The summed E-state index contributed by atoms with van der Waals surface area (Å²) in [4.78, 5) is 62.4. The van der Waals surface area contributed by atoms with E-state index in [0.717, 1.165) is 0 Å². The topological polar surface area (TPSA) is 142 Å². The number of amides is 3. The van der Waals surface area contributed by atoms with Crippen molar-refractivity contribution >= 4 is 30.0 Å². The Bertz CT molecular complexity index is 960. The first-order valence-electron chi connectivity index (χ1n) is 10.8. The Hall–Kier alpha value is -3.50. The maximum Gasteiger partial charge on any atom is 0.305 e. The van der Waals surface area contributed by atoms with Gasteiger partial charge in [-0.2, -0.15) is 0 Å². The average Bonchev–Trinajstić information content (AvgIpc) is 3.25. The van der Waals surface area contributed by atoms with Crippen LogP contribution in [-0.2, 0) is 19.2 Å². The van der Waals surface area contributed by atoms with Crippen LogP contribution in [0.5, 0.6) is 5.75 Å². The molecule has 3 atom stereocenters. The summed E-state index contributed by atoms with van der Waals surface area (Å²) in [5, 5.41) is 13.8. The summed E-state index contributed by atoms with van der Waals surface area (Å²) in [5.41, 5.74) is -1.08. The fourth-order valence-electron chi connectivity index (χ4n) is 3.77. The van der Waals surface area contributed by atoms with E-state index < -0.39 is 59.5 Å². The summed E-state index contributed by atoms with van der Waals surface area (Å²) in [6.07, 6.45) is 0.562. The second kappa shape index (κ2) is 11.1. The smallest absolute Gasteiger partial charge is 0.305 e. The predicted molar refractivity (Wildman–Crippen MR) is 119 cm³/mol. The molecule has 3 amide bonds. The minimum atomic E-state index is -1.25. The van der Waals surface area contributed by atoms with Crippen LogP contribution in [0.2, 0.25) is 0 Å². The number of aliphatic carboxylic acids is 1. The summed E-state index contributed by atoms with van der Waals surface area (Å²) in [6.45, 7) is 5.40. The summed E-state index contributed by atoms with van der Waals surface area (Å²) in [6, 6.07) is 0.830. The molecule has 3 N–H and O–H groups in total. The van der Waals surface area contributed by atoms with Crippen LogP contribution in [0.25, 0.3) is 0 Å². The molecule has 186 valence electrons. The number of carboxylic acid groups (broad SMARTS) is 1. The van der Waals surface area contributed by atoms with Gasteiger partial charge in [0.25, 0.3) is 5.91 Å². The van der Waals surface area contributed by atoms with Gasteiger partial charge in [-0.25, -0.2) is 4.39 Å². The number of methoxy groups -OCH3 is 1. The van der Waals surface area contributed by atoms with E-state index in [0.29, 0.717) is 19.1 Å². The van der Waals surface area contributed by atoms with Gasteiger partial charge < -0.3 is 30.2 Å². The van der Waals surface area contributed by atoms with Gasteiger partial charge >= 0.3 is 5.97 Å². The molecule has 0 saturated carbocycles. The van der Waals surface area contributed by atoms with Gasteiger partial charge in [-0.05, 0) is 30.4 Å². The van der Waals surface area contributed by atoms with E-state index in [9.17, 15) is 28.4 Å². The van der Waals surface area contributed by atoms with Crippen LogP contribution in [0.15, 0.2) is 18.2 Å². The molecule has 1 fully saturated rings. The Morgan fingerprint density at radius 2 is 1.94 bits per heavy atom. The minimum absolute atomic E-state index is 0.117. The average molecular weight is 480 g/mol. The quantitative estimate of drug-likeness (QED) is 0.451. The Balaban J connectivity index is 2.24. The lowest BCUT2D eigenvalue weighted by atomic mass is 9.85. The number of carbonyl (C=O) groups excluding carboxylic acids is 4. The van der Waals surface area contributed by atoms with E-state index in [1.54, 1.807) is 20.8 Å². The third-order valence-electron chi connectivity index (χ3n) is 5.54. The SMILES string of the molecule is COc1cccc(C(=O)N[C@H](C(=O)N2CCC[C@H]2C(=O)N[C@H](C=O)CC(=O)O)C(C)(C)C)c1F. The highest BCUT2D eigenvalue weighted by Crippen LogP contribution is 2.27. The van der Waals surface area contributed by atoms with Crippen molar-refractivity contribution in [3.05, 3.63) is 29.6 Å². The van der Waals surface area contributed by atoms with Gasteiger partial charge in [-0.15, -0.1) is 0 Å². The van der Waals surface area contributed by atoms with Crippen molar-refractivity contribution in [3.63, 3.8) is 0 Å². The molecule has 34 heavy (non-hydrogen) atoms. The second-order valence-electron chi connectivity index (χ2n) is 9.13. The monoisotopic (exact) mass is 479 g/mol. The van der Waals surface area contributed by atoms with Gasteiger partial charge in [0.1, 0.15) is 18.4 Å². The van der Waals surface area contributed by atoms with Crippen molar-refractivity contribution < 1.29 is 38.2 Å². The maximum atomic E-state index is 14.6. The zero-order valence-electron chi connectivity index (χ0n) is 19.6. The summed E-state index contributed by atoms with van der Waals surface area (Å²) < 4.78 is 19.5. The number of aldehydes is 1. The number of hydrogen-bond donors (Lipinski definition) is 3. The van der Waals surface area contributed by atoms with Gasteiger partial charge in [-0.3, -0.25) is 19.2 Å². The van der Waals surface area contributed by atoms with E-state index in [1.807, 2.05) is 0 Å². The Morgan fingerprint density at radius 3 is 2.50 bits per heavy atom. The van der Waals surface area contributed by atoms with Crippen LogP contribution in [0.3, 0.4) is 0 Å². The van der Waals surface area contributed by atoms with Crippen LogP contribution in [0.4, 0.5) is 4.39 Å². The van der Waals surface area contributed by atoms with Crippen molar-refractivity contribution in [1.82, 2.24) is 15.5 Å². The van der Waals surface area contributed by atoms with Crippen LogP contribution < -0.4 is 15.4 Å². The molecule has 2 rings (SSSR count). The molecule has 0 spiro atoms. The van der Waals surface area contributed by atoms with Gasteiger partial charge in [0.2, 0.25) is 11.8 Å². The molecule has 1 aliphatic rings. The number of rotatable bonds is 9. The van der Waals surface area contributed by atoms with Crippen molar-refractivity contribution in [2.75, 3.05) is 13.7 Å². The molecule has 0 bridgehead atoms. The number of carboxylic acids is 1. The van der Waals surface area contributed by atoms with E-state index in [1.165, 1.54) is 30.2 Å². The molecular weight excluding hydrogens is 449 g/mol. The van der Waals surface area contributed by atoms with Crippen molar-refractivity contribution in [2.24, 2.45) is 5.41 Å².